The molecule has 2 aromatic rings. The fraction of sp³-hybridized carbons (Fsp3) is 0.556. The molecular formula is C18H27Cl2N7. The van der Waals surface area contributed by atoms with Crippen LogP contribution < -0.4 is 16.8 Å². The first-order valence-corrected chi connectivity index (χ1v) is 9.07. The number of aryl methyl sites for hydroxylation is 2. The molecule has 0 atom stereocenters. The van der Waals surface area contributed by atoms with Gasteiger partial charge in [-0.1, -0.05) is 0 Å². The Hall–Kier alpha value is -1.70. The number of nitrogens with one attached hydrogen (secondary N) is 1. The van der Waals surface area contributed by atoms with Gasteiger partial charge in [0.1, 0.15) is 11.6 Å². The van der Waals surface area contributed by atoms with Gasteiger partial charge in [-0.05, 0) is 44.6 Å². The van der Waals surface area contributed by atoms with Gasteiger partial charge in [-0.25, -0.2) is 15.0 Å². The summed E-state index contributed by atoms with van der Waals surface area (Å²) in [5.41, 5.74) is 16.4. The van der Waals surface area contributed by atoms with Crippen LogP contribution in [0, 0.1) is 6.92 Å². The third-order valence-electron chi connectivity index (χ3n) is 5.20. The minimum atomic E-state index is 0. The van der Waals surface area contributed by atoms with Crippen molar-refractivity contribution in [2.45, 2.75) is 57.4 Å². The molecule has 0 bridgehead atoms. The SMILES string of the molecule is Cc1nc(CCNc2cc(C3CC(N)C3)nc(N)n2)nc2c1CCC2.Cl.Cl. The first-order valence-electron chi connectivity index (χ1n) is 9.07. The van der Waals surface area contributed by atoms with Crippen molar-refractivity contribution in [3.8, 4) is 0 Å². The third kappa shape index (κ3) is 4.78. The normalized spacial score (nSPS) is 20.1. The monoisotopic (exact) mass is 411 g/mol. The fourth-order valence-corrected chi connectivity index (χ4v) is 3.79. The number of fused-ring (bicyclic) bond motifs is 1. The van der Waals surface area contributed by atoms with Crippen LogP contribution >= 0.6 is 24.8 Å². The number of anilines is 2. The third-order valence-corrected chi connectivity index (χ3v) is 5.20. The Kier molecular flexibility index (Phi) is 7.19. The topological polar surface area (TPSA) is 116 Å². The molecule has 9 heteroatoms. The van der Waals surface area contributed by atoms with E-state index >= 15 is 0 Å². The lowest BCUT2D eigenvalue weighted by Gasteiger charge is -2.32. The second-order valence-electron chi connectivity index (χ2n) is 7.15. The molecule has 5 N–H and O–H groups in total. The number of hydrogen-bond acceptors (Lipinski definition) is 7. The summed E-state index contributed by atoms with van der Waals surface area (Å²) in [6, 6.07) is 2.28. The predicted octanol–water partition coefficient (Wildman–Crippen LogP) is 2.35. The van der Waals surface area contributed by atoms with Crippen LogP contribution in [-0.2, 0) is 19.3 Å². The maximum atomic E-state index is 5.87. The van der Waals surface area contributed by atoms with Crippen LogP contribution in [0.5, 0.6) is 0 Å². The Morgan fingerprint density at radius 3 is 2.63 bits per heavy atom. The van der Waals surface area contributed by atoms with Gasteiger partial charge in [0.2, 0.25) is 5.95 Å². The van der Waals surface area contributed by atoms with Crippen molar-refractivity contribution in [3.63, 3.8) is 0 Å². The number of rotatable bonds is 5. The van der Waals surface area contributed by atoms with Crippen LogP contribution in [0.3, 0.4) is 0 Å². The molecule has 0 unspecified atom stereocenters. The molecule has 148 valence electrons. The van der Waals surface area contributed by atoms with E-state index in [-0.39, 0.29) is 30.9 Å². The maximum Gasteiger partial charge on any atom is 0.222 e. The Balaban J connectivity index is 0.00000131. The maximum absolute atomic E-state index is 5.87. The summed E-state index contributed by atoms with van der Waals surface area (Å²) in [7, 11) is 0. The Labute approximate surface area is 172 Å². The van der Waals surface area contributed by atoms with E-state index in [0.29, 0.717) is 11.9 Å². The number of halogens is 2. The van der Waals surface area contributed by atoms with Gasteiger partial charge in [-0.15, -0.1) is 24.8 Å². The second-order valence-corrected chi connectivity index (χ2v) is 7.15. The summed E-state index contributed by atoms with van der Waals surface area (Å²) in [5.74, 6) is 2.38. The van der Waals surface area contributed by atoms with E-state index in [0.717, 1.165) is 61.7 Å². The summed E-state index contributed by atoms with van der Waals surface area (Å²) < 4.78 is 0. The van der Waals surface area contributed by atoms with Gasteiger partial charge in [0.05, 0.1) is 5.69 Å². The molecule has 4 rings (SSSR count). The van der Waals surface area contributed by atoms with E-state index in [2.05, 4.69) is 27.2 Å². The van der Waals surface area contributed by atoms with Crippen molar-refractivity contribution in [3.05, 3.63) is 34.5 Å². The standard InChI is InChI=1S/C18H25N7.2ClH/c1-10-13-3-2-4-14(13)23-16(22-10)5-6-21-17-9-15(24-18(20)25-17)11-7-12(19)8-11;;/h9,11-12H,2-8,19H2,1H3,(H3,20,21,24,25);2*1H. The van der Waals surface area contributed by atoms with Crippen molar-refractivity contribution in [1.82, 2.24) is 19.9 Å². The van der Waals surface area contributed by atoms with E-state index in [9.17, 15) is 0 Å². The lowest BCUT2D eigenvalue weighted by Crippen LogP contribution is -2.35. The van der Waals surface area contributed by atoms with E-state index in [4.69, 9.17) is 16.5 Å². The quantitative estimate of drug-likeness (QED) is 0.690. The lowest BCUT2D eigenvalue weighted by molar-refractivity contribution is 0.345. The number of nitrogens with zero attached hydrogens (tertiary/aromatic N) is 4. The summed E-state index contributed by atoms with van der Waals surface area (Å²) >= 11 is 0. The van der Waals surface area contributed by atoms with E-state index in [1.165, 1.54) is 17.7 Å². The van der Waals surface area contributed by atoms with E-state index in [1.54, 1.807) is 0 Å². The zero-order valence-corrected chi connectivity index (χ0v) is 17.1. The summed E-state index contributed by atoms with van der Waals surface area (Å²) in [6.45, 7) is 2.81. The van der Waals surface area contributed by atoms with E-state index in [1.807, 2.05) is 6.07 Å². The van der Waals surface area contributed by atoms with Gasteiger partial charge in [0.25, 0.3) is 0 Å². The predicted molar refractivity (Wildman–Crippen MR) is 112 cm³/mol. The molecule has 7 nitrogen and oxygen atoms in total. The van der Waals surface area contributed by atoms with Crippen molar-refractivity contribution in [2.24, 2.45) is 5.73 Å². The molecule has 2 aromatic heterocycles. The smallest absolute Gasteiger partial charge is 0.222 e. The van der Waals surface area contributed by atoms with Crippen molar-refractivity contribution >= 4 is 36.6 Å². The summed E-state index contributed by atoms with van der Waals surface area (Å²) in [4.78, 5) is 18.0. The number of hydrogen-bond donors (Lipinski definition) is 3. The largest absolute Gasteiger partial charge is 0.369 e. The first kappa shape index (κ1) is 21.6. The molecule has 2 aliphatic carbocycles. The van der Waals surface area contributed by atoms with Gasteiger partial charge >= 0.3 is 0 Å². The van der Waals surface area contributed by atoms with Crippen molar-refractivity contribution < 1.29 is 0 Å². The van der Waals surface area contributed by atoms with Crippen LogP contribution in [0.1, 0.15) is 53.7 Å². The molecule has 27 heavy (non-hydrogen) atoms. The zero-order chi connectivity index (χ0) is 17.4. The molecular weight excluding hydrogens is 385 g/mol. The molecule has 2 aliphatic rings. The van der Waals surface area contributed by atoms with Crippen LogP contribution in [0.2, 0.25) is 0 Å². The second kappa shape index (κ2) is 8.99. The minimum absolute atomic E-state index is 0. The Morgan fingerprint density at radius 1 is 1.11 bits per heavy atom. The Bertz CT molecular complexity index is 794. The molecule has 0 spiro atoms. The summed E-state index contributed by atoms with van der Waals surface area (Å²) in [5, 5.41) is 3.33. The van der Waals surface area contributed by atoms with E-state index < -0.39 is 0 Å². The highest BCUT2D eigenvalue weighted by molar-refractivity contribution is 5.85. The van der Waals surface area contributed by atoms with Crippen LogP contribution in [-0.4, -0.2) is 32.5 Å². The zero-order valence-electron chi connectivity index (χ0n) is 15.4. The van der Waals surface area contributed by atoms with Gasteiger partial charge < -0.3 is 16.8 Å². The van der Waals surface area contributed by atoms with Gasteiger partial charge in [-0.2, -0.15) is 4.98 Å². The molecule has 0 saturated heterocycles. The molecule has 1 saturated carbocycles. The fourth-order valence-electron chi connectivity index (χ4n) is 3.79. The van der Waals surface area contributed by atoms with Crippen LogP contribution in [0.4, 0.5) is 11.8 Å². The average Bonchev–Trinajstić information content (AvgIpc) is 3.00. The molecule has 1 fully saturated rings. The highest BCUT2D eigenvalue weighted by atomic mass is 35.5. The summed E-state index contributed by atoms with van der Waals surface area (Å²) in [6.07, 6.45) is 6.10. The van der Waals surface area contributed by atoms with Gasteiger partial charge in [-0.3, -0.25) is 0 Å². The van der Waals surface area contributed by atoms with Crippen LogP contribution in [0.25, 0.3) is 0 Å². The molecule has 0 radical (unpaired) electrons. The van der Waals surface area contributed by atoms with Crippen LogP contribution in [0.15, 0.2) is 6.07 Å². The van der Waals surface area contributed by atoms with Crippen molar-refractivity contribution in [1.29, 1.82) is 0 Å². The highest BCUT2D eigenvalue weighted by Crippen LogP contribution is 2.35. The minimum Gasteiger partial charge on any atom is -0.369 e. The van der Waals surface area contributed by atoms with Crippen molar-refractivity contribution in [2.75, 3.05) is 17.6 Å². The molecule has 0 aromatic carbocycles. The molecule has 0 aliphatic heterocycles. The number of nitrogens with two attached hydrogens (primary N) is 2. The Morgan fingerprint density at radius 2 is 1.89 bits per heavy atom. The first-order chi connectivity index (χ1) is 12.1. The lowest BCUT2D eigenvalue weighted by atomic mass is 9.78. The number of nitrogen functional groups attached to an aromatic ring is 1. The number of aromatic nitrogens is 4. The van der Waals surface area contributed by atoms with Gasteiger partial charge in [0, 0.05) is 42.4 Å². The van der Waals surface area contributed by atoms with Gasteiger partial charge in [0.15, 0.2) is 0 Å². The average molecular weight is 412 g/mol. The highest BCUT2D eigenvalue weighted by Gasteiger charge is 2.29. The molecule has 2 heterocycles. The molecule has 0 amide bonds.